The third kappa shape index (κ3) is 3.63. The van der Waals surface area contributed by atoms with Gasteiger partial charge in [-0.3, -0.25) is 0 Å². The predicted octanol–water partition coefficient (Wildman–Crippen LogP) is 3.88. The molecule has 0 saturated carbocycles. The van der Waals surface area contributed by atoms with E-state index in [1.54, 1.807) is 7.11 Å². The van der Waals surface area contributed by atoms with Crippen molar-refractivity contribution in [2.24, 2.45) is 0 Å². The summed E-state index contributed by atoms with van der Waals surface area (Å²) in [6, 6.07) is 16.0. The lowest BCUT2D eigenvalue weighted by Crippen LogP contribution is -1.96. The van der Waals surface area contributed by atoms with Crippen LogP contribution in [0.25, 0.3) is 0 Å². The maximum absolute atomic E-state index is 5.73. The van der Waals surface area contributed by atoms with Crippen molar-refractivity contribution in [1.29, 1.82) is 0 Å². The standard InChI is InChI=1S/C14H13IO2/c1-16-13-7-12(15)8-14(9-13)17-10-11-5-3-2-4-6-11/h2-9H,10H2,1H3. The highest BCUT2D eigenvalue weighted by atomic mass is 127. The van der Waals surface area contributed by atoms with Crippen molar-refractivity contribution in [2.75, 3.05) is 7.11 Å². The van der Waals surface area contributed by atoms with Crippen LogP contribution in [0.4, 0.5) is 0 Å². The zero-order chi connectivity index (χ0) is 12.1. The Morgan fingerprint density at radius 1 is 1.00 bits per heavy atom. The molecule has 0 N–H and O–H groups in total. The summed E-state index contributed by atoms with van der Waals surface area (Å²) >= 11 is 2.25. The van der Waals surface area contributed by atoms with Crippen molar-refractivity contribution in [3.63, 3.8) is 0 Å². The summed E-state index contributed by atoms with van der Waals surface area (Å²) in [5, 5.41) is 0. The van der Waals surface area contributed by atoms with Gasteiger partial charge in [0.05, 0.1) is 7.11 Å². The van der Waals surface area contributed by atoms with Crippen LogP contribution in [0.1, 0.15) is 5.56 Å². The number of methoxy groups -OCH3 is 1. The summed E-state index contributed by atoms with van der Waals surface area (Å²) in [6.07, 6.45) is 0. The second-order valence-electron chi connectivity index (χ2n) is 3.60. The molecule has 0 aliphatic carbocycles. The maximum Gasteiger partial charge on any atom is 0.124 e. The van der Waals surface area contributed by atoms with Gasteiger partial charge in [0, 0.05) is 9.64 Å². The molecule has 3 heteroatoms. The van der Waals surface area contributed by atoms with Crippen molar-refractivity contribution >= 4 is 22.6 Å². The van der Waals surface area contributed by atoms with Gasteiger partial charge in [0.2, 0.25) is 0 Å². The van der Waals surface area contributed by atoms with Crippen LogP contribution in [0, 0.1) is 3.57 Å². The lowest BCUT2D eigenvalue weighted by Gasteiger charge is -2.08. The Labute approximate surface area is 115 Å². The molecular weight excluding hydrogens is 327 g/mol. The van der Waals surface area contributed by atoms with Gasteiger partial charge in [0.15, 0.2) is 0 Å². The molecule has 2 rings (SSSR count). The van der Waals surface area contributed by atoms with Crippen molar-refractivity contribution in [3.05, 3.63) is 57.7 Å². The topological polar surface area (TPSA) is 18.5 Å². The zero-order valence-electron chi connectivity index (χ0n) is 9.52. The third-order valence-electron chi connectivity index (χ3n) is 2.33. The molecule has 0 heterocycles. The summed E-state index contributed by atoms with van der Waals surface area (Å²) in [4.78, 5) is 0. The predicted molar refractivity (Wildman–Crippen MR) is 76.5 cm³/mol. The first-order valence-corrected chi connectivity index (χ1v) is 6.37. The van der Waals surface area contributed by atoms with Gasteiger partial charge in [0.25, 0.3) is 0 Å². The van der Waals surface area contributed by atoms with Gasteiger partial charge in [-0.25, -0.2) is 0 Å². The largest absolute Gasteiger partial charge is 0.497 e. The third-order valence-corrected chi connectivity index (χ3v) is 2.95. The number of hydrogen-bond donors (Lipinski definition) is 0. The van der Waals surface area contributed by atoms with Crippen LogP contribution < -0.4 is 9.47 Å². The Bertz CT molecular complexity index is 483. The smallest absolute Gasteiger partial charge is 0.124 e. The lowest BCUT2D eigenvalue weighted by atomic mass is 10.2. The molecule has 0 unspecified atom stereocenters. The van der Waals surface area contributed by atoms with E-state index in [0.717, 1.165) is 20.6 Å². The number of benzene rings is 2. The van der Waals surface area contributed by atoms with Gasteiger partial charge in [-0.05, 0) is 40.3 Å². The molecule has 2 aromatic carbocycles. The van der Waals surface area contributed by atoms with E-state index >= 15 is 0 Å². The highest BCUT2D eigenvalue weighted by molar-refractivity contribution is 14.1. The van der Waals surface area contributed by atoms with Gasteiger partial charge in [-0.2, -0.15) is 0 Å². The normalized spacial score (nSPS) is 10.0. The number of rotatable bonds is 4. The summed E-state index contributed by atoms with van der Waals surface area (Å²) < 4.78 is 12.0. The first-order chi connectivity index (χ1) is 8.28. The molecule has 0 aliphatic heterocycles. The SMILES string of the molecule is COc1cc(I)cc(OCc2ccccc2)c1. The van der Waals surface area contributed by atoms with E-state index in [0.29, 0.717) is 6.61 Å². The second kappa shape index (κ2) is 5.91. The fourth-order valence-corrected chi connectivity index (χ4v) is 2.09. The van der Waals surface area contributed by atoms with E-state index in [4.69, 9.17) is 9.47 Å². The van der Waals surface area contributed by atoms with Crippen molar-refractivity contribution in [1.82, 2.24) is 0 Å². The molecule has 0 fully saturated rings. The molecule has 0 aromatic heterocycles. The summed E-state index contributed by atoms with van der Waals surface area (Å²) in [6.45, 7) is 0.573. The number of ether oxygens (including phenoxy) is 2. The van der Waals surface area contributed by atoms with Crippen LogP contribution in [0.2, 0.25) is 0 Å². The maximum atomic E-state index is 5.73. The molecule has 0 saturated heterocycles. The average Bonchev–Trinajstić information content (AvgIpc) is 2.37. The first kappa shape index (κ1) is 12.2. The minimum absolute atomic E-state index is 0.573. The van der Waals surface area contributed by atoms with Crippen LogP contribution in [0.3, 0.4) is 0 Å². The van der Waals surface area contributed by atoms with Crippen molar-refractivity contribution in [3.8, 4) is 11.5 Å². The fourth-order valence-electron chi connectivity index (χ4n) is 1.48. The minimum Gasteiger partial charge on any atom is -0.497 e. The molecule has 0 radical (unpaired) electrons. The Kier molecular flexibility index (Phi) is 4.25. The van der Waals surface area contributed by atoms with Crippen LogP contribution in [-0.2, 0) is 6.61 Å². The molecule has 88 valence electrons. The highest BCUT2D eigenvalue weighted by Gasteiger charge is 2.01. The molecule has 17 heavy (non-hydrogen) atoms. The molecule has 0 atom stereocenters. The number of halogens is 1. The van der Waals surface area contributed by atoms with Crippen molar-refractivity contribution in [2.45, 2.75) is 6.61 Å². The summed E-state index contributed by atoms with van der Waals surface area (Å²) in [5.41, 5.74) is 1.16. The molecule has 0 spiro atoms. The van der Waals surface area contributed by atoms with Gasteiger partial charge < -0.3 is 9.47 Å². The van der Waals surface area contributed by atoms with Gasteiger partial charge >= 0.3 is 0 Å². The van der Waals surface area contributed by atoms with Crippen LogP contribution >= 0.6 is 22.6 Å². The molecule has 0 bridgehead atoms. The quantitative estimate of drug-likeness (QED) is 0.787. The zero-order valence-corrected chi connectivity index (χ0v) is 11.7. The van der Waals surface area contributed by atoms with Gasteiger partial charge in [0.1, 0.15) is 18.1 Å². The Hall–Kier alpha value is -1.23. The summed E-state index contributed by atoms with van der Waals surface area (Å²) in [7, 11) is 1.66. The first-order valence-electron chi connectivity index (χ1n) is 5.29. The minimum atomic E-state index is 0.573. The van der Waals surface area contributed by atoms with E-state index in [2.05, 4.69) is 22.6 Å². The average molecular weight is 340 g/mol. The number of hydrogen-bond acceptors (Lipinski definition) is 2. The van der Waals surface area contributed by atoms with Crippen LogP contribution in [0.5, 0.6) is 11.5 Å². The van der Waals surface area contributed by atoms with E-state index < -0.39 is 0 Å². The Balaban J connectivity index is 2.06. The molecule has 2 nitrogen and oxygen atoms in total. The Morgan fingerprint density at radius 2 is 1.71 bits per heavy atom. The van der Waals surface area contributed by atoms with E-state index in [-0.39, 0.29) is 0 Å². The van der Waals surface area contributed by atoms with Crippen LogP contribution in [0.15, 0.2) is 48.5 Å². The summed E-state index contributed by atoms with van der Waals surface area (Å²) in [5.74, 6) is 1.65. The molecule has 0 aliphatic rings. The lowest BCUT2D eigenvalue weighted by molar-refractivity contribution is 0.303. The van der Waals surface area contributed by atoms with Gasteiger partial charge in [-0.15, -0.1) is 0 Å². The fraction of sp³-hybridized carbons (Fsp3) is 0.143. The Morgan fingerprint density at radius 3 is 2.41 bits per heavy atom. The van der Waals surface area contributed by atoms with Gasteiger partial charge in [-0.1, -0.05) is 30.3 Å². The van der Waals surface area contributed by atoms with E-state index in [9.17, 15) is 0 Å². The highest BCUT2D eigenvalue weighted by Crippen LogP contribution is 2.24. The molecule has 2 aromatic rings. The van der Waals surface area contributed by atoms with E-state index in [1.165, 1.54) is 0 Å². The van der Waals surface area contributed by atoms with Crippen molar-refractivity contribution < 1.29 is 9.47 Å². The molecular formula is C14H13IO2. The van der Waals surface area contributed by atoms with Crippen LogP contribution in [-0.4, -0.2) is 7.11 Å². The second-order valence-corrected chi connectivity index (χ2v) is 4.85. The monoisotopic (exact) mass is 340 g/mol. The molecule has 0 amide bonds. The van der Waals surface area contributed by atoms with E-state index in [1.807, 2.05) is 48.5 Å².